The van der Waals surface area contributed by atoms with Crippen molar-refractivity contribution >= 4 is 11.9 Å². The van der Waals surface area contributed by atoms with Crippen LogP contribution in [0.15, 0.2) is 18.5 Å². The van der Waals surface area contributed by atoms with E-state index in [4.69, 9.17) is 9.47 Å². The number of nitrogens with zero attached hydrogens (tertiary/aromatic N) is 3. The second kappa shape index (κ2) is 7.25. The summed E-state index contributed by atoms with van der Waals surface area (Å²) in [6, 6.07) is 2.00. The normalized spacial score (nSPS) is 30.6. The van der Waals surface area contributed by atoms with Crippen LogP contribution in [0.1, 0.15) is 32.1 Å². The smallest absolute Gasteiger partial charge is 0.225 e. The van der Waals surface area contributed by atoms with Crippen molar-refractivity contribution in [2.24, 2.45) is 5.92 Å². The van der Waals surface area contributed by atoms with Crippen molar-refractivity contribution in [2.75, 3.05) is 38.2 Å². The fourth-order valence-electron chi connectivity index (χ4n) is 4.27. The summed E-state index contributed by atoms with van der Waals surface area (Å²) in [5.41, 5.74) is -0.217. The lowest BCUT2D eigenvalue weighted by Crippen LogP contribution is -2.52. The van der Waals surface area contributed by atoms with Crippen LogP contribution in [-0.2, 0) is 14.3 Å². The monoisotopic (exact) mass is 346 g/mol. The minimum atomic E-state index is -0.217. The Morgan fingerprint density at radius 2 is 2.08 bits per heavy atom. The van der Waals surface area contributed by atoms with E-state index in [-0.39, 0.29) is 23.5 Å². The van der Waals surface area contributed by atoms with E-state index in [1.54, 1.807) is 18.5 Å². The molecule has 0 aliphatic carbocycles. The molecule has 1 spiro atoms. The van der Waals surface area contributed by atoms with Crippen LogP contribution in [0.5, 0.6) is 0 Å². The lowest BCUT2D eigenvalue weighted by atomic mass is 9.87. The molecule has 0 bridgehead atoms. The van der Waals surface area contributed by atoms with Gasteiger partial charge in [-0.25, -0.2) is 9.97 Å². The number of nitrogens with one attached hydrogen (secondary N) is 1. The molecule has 0 radical (unpaired) electrons. The first-order valence-electron chi connectivity index (χ1n) is 9.28. The Bertz CT molecular complexity index is 593. The molecular formula is C18H26N4O3. The summed E-state index contributed by atoms with van der Waals surface area (Å²) in [5.74, 6) is 1.05. The van der Waals surface area contributed by atoms with E-state index in [0.29, 0.717) is 32.3 Å². The van der Waals surface area contributed by atoms with Crippen molar-refractivity contribution in [3.05, 3.63) is 18.5 Å². The number of anilines is 1. The molecule has 0 saturated carbocycles. The zero-order chi connectivity index (χ0) is 17.1. The Balaban J connectivity index is 1.36. The first-order valence-corrected chi connectivity index (χ1v) is 9.28. The second-order valence-electron chi connectivity index (χ2n) is 7.36. The minimum absolute atomic E-state index is 0.122. The van der Waals surface area contributed by atoms with Crippen LogP contribution in [-0.4, -0.2) is 65.3 Å². The number of hydrogen-bond donors (Lipinski definition) is 1. The third kappa shape index (κ3) is 3.77. The van der Waals surface area contributed by atoms with Crippen LogP contribution in [0.2, 0.25) is 0 Å². The standard InChI is InChI=1S/C18H26N4O3/c23-16(14-3-9-24-10-4-14)22-8-1-5-18(13-22)11-15(12-25-18)21-17-19-6-2-7-20-17/h2,6-7,14-15H,1,3-5,8-13H2,(H,19,20,21)/t15-,18-/m1/s1. The highest BCUT2D eigenvalue weighted by Crippen LogP contribution is 2.36. The number of carbonyl (C=O) groups excluding carboxylic acids is 1. The summed E-state index contributed by atoms with van der Waals surface area (Å²) >= 11 is 0. The lowest BCUT2D eigenvalue weighted by Gasteiger charge is -2.41. The highest BCUT2D eigenvalue weighted by Gasteiger charge is 2.45. The zero-order valence-electron chi connectivity index (χ0n) is 14.5. The van der Waals surface area contributed by atoms with E-state index in [1.807, 2.05) is 4.90 Å². The number of carbonyl (C=O) groups is 1. The first-order chi connectivity index (χ1) is 12.2. The average molecular weight is 346 g/mol. The number of likely N-dealkylation sites (tertiary alicyclic amines) is 1. The Kier molecular flexibility index (Phi) is 4.85. The van der Waals surface area contributed by atoms with Crippen molar-refractivity contribution in [3.8, 4) is 0 Å². The molecule has 4 heterocycles. The molecule has 1 amide bonds. The van der Waals surface area contributed by atoms with E-state index in [2.05, 4.69) is 15.3 Å². The van der Waals surface area contributed by atoms with Gasteiger partial charge in [-0.15, -0.1) is 0 Å². The molecule has 2 atom stereocenters. The molecule has 25 heavy (non-hydrogen) atoms. The van der Waals surface area contributed by atoms with Gasteiger partial charge in [-0.1, -0.05) is 0 Å². The van der Waals surface area contributed by atoms with Gasteiger partial charge in [0.15, 0.2) is 0 Å². The van der Waals surface area contributed by atoms with Gasteiger partial charge in [0.1, 0.15) is 0 Å². The predicted molar refractivity (Wildman–Crippen MR) is 92.1 cm³/mol. The molecule has 4 rings (SSSR count). The summed E-state index contributed by atoms with van der Waals surface area (Å²) < 4.78 is 11.6. The summed E-state index contributed by atoms with van der Waals surface area (Å²) in [6.07, 6.45) is 8.06. The molecular weight excluding hydrogens is 320 g/mol. The maximum atomic E-state index is 12.8. The molecule has 1 N–H and O–H groups in total. The second-order valence-corrected chi connectivity index (χ2v) is 7.36. The number of ether oxygens (including phenoxy) is 2. The molecule has 7 heteroatoms. The van der Waals surface area contributed by atoms with Gasteiger partial charge in [-0.3, -0.25) is 4.79 Å². The van der Waals surface area contributed by atoms with E-state index < -0.39 is 0 Å². The number of hydrogen-bond acceptors (Lipinski definition) is 6. The first kappa shape index (κ1) is 16.7. The van der Waals surface area contributed by atoms with Gasteiger partial charge in [0, 0.05) is 51.0 Å². The van der Waals surface area contributed by atoms with E-state index in [0.717, 1.165) is 38.6 Å². The topological polar surface area (TPSA) is 76.6 Å². The molecule has 1 aromatic heterocycles. The zero-order valence-corrected chi connectivity index (χ0v) is 14.5. The van der Waals surface area contributed by atoms with Gasteiger partial charge >= 0.3 is 0 Å². The highest BCUT2D eigenvalue weighted by atomic mass is 16.5. The fraction of sp³-hybridized carbons (Fsp3) is 0.722. The molecule has 3 fully saturated rings. The van der Waals surface area contributed by atoms with Crippen molar-refractivity contribution in [1.29, 1.82) is 0 Å². The molecule has 0 aromatic carbocycles. The van der Waals surface area contributed by atoms with Gasteiger partial charge < -0.3 is 19.7 Å². The van der Waals surface area contributed by atoms with Crippen LogP contribution in [0.3, 0.4) is 0 Å². The lowest BCUT2D eigenvalue weighted by molar-refractivity contribution is -0.146. The van der Waals surface area contributed by atoms with Gasteiger partial charge in [0.05, 0.1) is 18.2 Å². The molecule has 3 saturated heterocycles. The molecule has 3 aliphatic rings. The predicted octanol–water partition coefficient (Wildman–Crippen LogP) is 1.47. The average Bonchev–Trinajstić information content (AvgIpc) is 3.04. The number of amides is 1. The van der Waals surface area contributed by atoms with Crippen LogP contribution in [0.4, 0.5) is 5.95 Å². The van der Waals surface area contributed by atoms with Gasteiger partial charge in [-0.2, -0.15) is 0 Å². The molecule has 1 aromatic rings. The third-order valence-electron chi connectivity index (χ3n) is 5.53. The van der Waals surface area contributed by atoms with Crippen molar-refractivity contribution in [1.82, 2.24) is 14.9 Å². The maximum Gasteiger partial charge on any atom is 0.225 e. The van der Waals surface area contributed by atoms with Crippen molar-refractivity contribution in [3.63, 3.8) is 0 Å². The SMILES string of the molecule is O=C(C1CCOCC1)N1CCC[C@@]2(C[C@@H](Nc3ncccn3)CO2)C1. The fourth-order valence-corrected chi connectivity index (χ4v) is 4.27. The molecule has 0 unspecified atom stereocenters. The number of piperidine rings is 1. The maximum absolute atomic E-state index is 12.8. The van der Waals surface area contributed by atoms with Crippen molar-refractivity contribution < 1.29 is 14.3 Å². The summed E-state index contributed by atoms with van der Waals surface area (Å²) in [7, 11) is 0. The van der Waals surface area contributed by atoms with Gasteiger partial charge in [0.2, 0.25) is 11.9 Å². The summed E-state index contributed by atoms with van der Waals surface area (Å²) in [5, 5.41) is 3.35. The van der Waals surface area contributed by atoms with Crippen LogP contribution in [0, 0.1) is 5.92 Å². The molecule has 3 aliphatic heterocycles. The minimum Gasteiger partial charge on any atom is -0.381 e. The Morgan fingerprint density at radius 1 is 1.28 bits per heavy atom. The Labute approximate surface area is 148 Å². The number of rotatable bonds is 3. The van der Waals surface area contributed by atoms with Crippen molar-refractivity contribution in [2.45, 2.75) is 43.7 Å². The van der Waals surface area contributed by atoms with Gasteiger partial charge in [0.25, 0.3) is 0 Å². The molecule has 136 valence electrons. The third-order valence-corrected chi connectivity index (χ3v) is 5.53. The largest absolute Gasteiger partial charge is 0.381 e. The van der Waals surface area contributed by atoms with E-state index in [9.17, 15) is 4.79 Å². The highest BCUT2D eigenvalue weighted by molar-refractivity contribution is 5.79. The van der Waals surface area contributed by atoms with E-state index in [1.165, 1.54) is 0 Å². The Hall–Kier alpha value is -1.73. The van der Waals surface area contributed by atoms with Gasteiger partial charge in [-0.05, 0) is 31.7 Å². The van der Waals surface area contributed by atoms with Crippen LogP contribution >= 0.6 is 0 Å². The Morgan fingerprint density at radius 3 is 2.88 bits per heavy atom. The quantitative estimate of drug-likeness (QED) is 0.893. The summed E-state index contributed by atoms with van der Waals surface area (Å²) in [4.78, 5) is 23.3. The molecule has 7 nitrogen and oxygen atoms in total. The van der Waals surface area contributed by atoms with E-state index >= 15 is 0 Å². The summed E-state index contributed by atoms with van der Waals surface area (Å²) in [6.45, 7) is 3.60. The van der Waals surface area contributed by atoms with Crippen LogP contribution < -0.4 is 5.32 Å². The van der Waals surface area contributed by atoms with Crippen LogP contribution in [0.25, 0.3) is 0 Å². The number of aromatic nitrogens is 2.